The summed E-state index contributed by atoms with van der Waals surface area (Å²) in [5, 5.41) is 0.718. The second kappa shape index (κ2) is 6.11. The lowest BCUT2D eigenvalue weighted by atomic mass is 10.1. The molecule has 1 aliphatic rings. The van der Waals surface area contributed by atoms with Crippen LogP contribution in [0.5, 0.6) is 0 Å². The van der Waals surface area contributed by atoms with Gasteiger partial charge >= 0.3 is 0 Å². The molecule has 1 aliphatic heterocycles. The van der Waals surface area contributed by atoms with E-state index in [9.17, 15) is 0 Å². The molecule has 19 heavy (non-hydrogen) atoms. The fourth-order valence-electron chi connectivity index (χ4n) is 2.11. The van der Waals surface area contributed by atoms with Gasteiger partial charge in [0.05, 0.1) is 17.6 Å². The van der Waals surface area contributed by atoms with Crippen LogP contribution in [-0.2, 0) is 0 Å². The zero-order chi connectivity index (χ0) is 14.0. The van der Waals surface area contributed by atoms with Crippen LogP contribution in [0.3, 0.4) is 0 Å². The summed E-state index contributed by atoms with van der Waals surface area (Å²) in [5.74, 6) is 0.617. The number of guanidine groups is 1. The molecule has 0 aromatic heterocycles. The van der Waals surface area contributed by atoms with Gasteiger partial charge in [0.2, 0.25) is 0 Å². The van der Waals surface area contributed by atoms with Crippen LogP contribution in [0, 0.1) is 0 Å². The fraction of sp³-hybridized carbons (Fsp3) is 0.462. The number of nitrogens with two attached hydrogens (primary N) is 1. The van der Waals surface area contributed by atoms with E-state index in [0.29, 0.717) is 12.5 Å². The van der Waals surface area contributed by atoms with Gasteiger partial charge < -0.3 is 15.5 Å². The van der Waals surface area contributed by atoms with Gasteiger partial charge in [-0.1, -0.05) is 17.7 Å². The lowest BCUT2D eigenvalue weighted by Gasteiger charge is -2.28. The molecule has 1 aromatic rings. The number of halogens is 2. The molecule has 1 atom stereocenters. The maximum Gasteiger partial charge on any atom is 0.191 e. The zero-order valence-corrected chi connectivity index (χ0v) is 13.4. The lowest BCUT2D eigenvalue weighted by Crippen LogP contribution is -2.40. The number of benzene rings is 1. The van der Waals surface area contributed by atoms with Crippen LogP contribution in [0.4, 0.5) is 0 Å². The molecule has 0 aliphatic carbocycles. The van der Waals surface area contributed by atoms with Gasteiger partial charge in [-0.05, 0) is 47.7 Å². The van der Waals surface area contributed by atoms with Crippen LogP contribution in [0.2, 0.25) is 5.02 Å². The lowest BCUT2D eigenvalue weighted by molar-refractivity contribution is 0.293. The monoisotopic (exact) mass is 344 g/mol. The third kappa shape index (κ3) is 3.41. The summed E-state index contributed by atoms with van der Waals surface area (Å²) in [4.78, 5) is 8.63. The molecule has 4 nitrogen and oxygen atoms in total. The second-order valence-electron chi connectivity index (χ2n) is 4.88. The Balaban J connectivity index is 2.16. The molecular weight excluding hydrogens is 328 g/mol. The summed E-state index contributed by atoms with van der Waals surface area (Å²) in [7, 11) is 4.10. The summed E-state index contributed by atoms with van der Waals surface area (Å²) in [6.45, 7) is 2.49. The molecule has 0 radical (unpaired) electrons. The first-order valence-corrected chi connectivity index (χ1v) is 7.32. The van der Waals surface area contributed by atoms with E-state index in [2.05, 4.69) is 50.9 Å². The summed E-state index contributed by atoms with van der Waals surface area (Å²) in [5.41, 5.74) is 7.13. The minimum atomic E-state index is 0.186. The van der Waals surface area contributed by atoms with E-state index in [1.54, 1.807) is 0 Å². The third-order valence-electron chi connectivity index (χ3n) is 3.21. The Morgan fingerprint density at radius 1 is 1.53 bits per heavy atom. The number of aliphatic imine (C=N–C) groups is 1. The fourth-order valence-corrected chi connectivity index (χ4v) is 2.55. The maximum absolute atomic E-state index is 6.16. The minimum Gasteiger partial charge on any atom is -0.370 e. The maximum atomic E-state index is 6.16. The second-order valence-corrected chi connectivity index (χ2v) is 6.15. The average molecular weight is 346 g/mol. The van der Waals surface area contributed by atoms with Crippen molar-refractivity contribution < 1.29 is 0 Å². The van der Waals surface area contributed by atoms with Gasteiger partial charge in [0.15, 0.2) is 5.96 Å². The Hall–Kier alpha value is -0.780. The van der Waals surface area contributed by atoms with Gasteiger partial charge in [-0.25, -0.2) is 0 Å². The molecule has 6 heteroatoms. The van der Waals surface area contributed by atoms with Gasteiger partial charge in [0.1, 0.15) is 0 Å². The third-order valence-corrected chi connectivity index (χ3v) is 4.45. The van der Waals surface area contributed by atoms with Crippen molar-refractivity contribution in [2.45, 2.75) is 6.04 Å². The highest BCUT2D eigenvalue weighted by Crippen LogP contribution is 2.30. The van der Waals surface area contributed by atoms with Crippen molar-refractivity contribution >= 4 is 33.5 Å². The highest BCUT2D eigenvalue weighted by Gasteiger charge is 2.27. The van der Waals surface area contributed by atoms with E-state index in [4.69, 9.17) is 17.3 Å². The first kappa shape index (κ1) is 14.6. The molecule has 0 saturated carbocycles. The van der Waals surface area contributed by atoms with Gasteiger partial charge in [-0.3, -0.25) is 4.99 Å². The van der Waals surface area contributed by atoms with Crippen molar-refractivity contribution in [3.63, 3.8) is 0 Å². The summed E-state index contributed by atoms with van der Waals surface area (Å²) < 4.78 is 0.907. The zero-order valence-electron chi connectivity index (χ0n) is 11.1. The molecule has 104 valence electrons. The number of hydrogen-bond donors (Lipinski definition) is 1. The van der Waals surface area contributed by atoms with Crippen molar-refractivity contribution in [1.29, 1.82) is 0 Å². The first-order valence-electron chi connectivity index (χ1n) is 6.15. The molecule has 0 saturated heterocycles. The van der Waals surface area contributed by atoms with Crippen LogP contribution < -0.4 is 5.73 Å². The molecule has 0 fully saturated rings. The predicted octanol–water partition coefficient (Wildman–Crippen LogP) is 2.34. The van der Waals surface area contributed by atoms with Crippen LogP contribution in [0.15, 0.2) is 27.7 Å². The van der Waals surface area contributed by atoms with Crippen LogP contribution >= 0.6 is 27.5 Å². The standard InChI is InChI=1S/C13H18BrClN4/c1-18(2)5-6-19-12(8-17-13(19)16)9-3-4-10(14)11(15)7-9/h3-4,7,12H,5-6,8H2,1-2H3,(H2,16,17). The summed E-state index contributed by atoms with van der Waals surface area (Å²) >= 11 is 9.57. The Bertz CT molecular complexity index is 490. The van der Waals surface area contributed by atoms with Gasteiger partial charge in [-0.2, -0.15) is 0 Å². The van der Waals surface area contributed by atoms with Gasteiger partial charge in [0, 0.05) is 17.6 Å². The molecule has 1 unspecified atom stereocenters. The molecule has 0 spiro atoms. The summed E-state index contributed by atoms with van der Waals surface area (Å²) in [6, 6.07) is 6.20. The highest BCUT2D eigenvalue weighted by atomic mass is 79.9. The highest BCUT2D eigenvalue weighted by molar-refractivity contribution is 9.10. The van der Waals surface area contributed by atoms with Crippen LogP contribution in [0.1, 0.15) is 11.6 Å². The molecule has 1 heterocycles. The van der Waals surface area contributed by atoms with Crippen LogP contribution in [-0.4, -0.2) is 49.5 Å². The van der Waals surface area contributed by atoms with Gasteiger partial charge in [0.25, 0.3) is 0 Å². The van der Waals surface area contributed by atoms with E-state index in [1.165, 1.54) is 0 Å². The summed E-state index contributed by atoms with van der Waals surface area (Å²) in [6.07, 6.45) is 0. The smallest absolute Gasteiger partial charge is 0.191 e. The minimum absolute atomic E-state index is 0.186. The predicted molar refractivity (Wildman–Crippen MR) is 83.6 cm³/mol. The van der Waals surface area contributed by atoms with Gasteiger partial charge in [-0.15, -0.1) is 0 Å². The topological polar surface area (TPSA) is 44.9 Å². The van der Waals surface area contributed by atoms with Crippen molar-refractivity contribution in [2.24, 2.45) is 10.7 Å². The van der Waals surface area contributed by atoms with E-state index in [0.717, 1.165) is 28.1 Å². The number of rotatable bonds is 4. The van der Waals surface area contributed by atoms with Crippen molar-refractivity contribution in [3.05, 3.63) is 33.3 Å². The Morgan fingerprint density at radius 2 is 2.26 bits per heavy atom. The molecular formula is C13H18BrClN4. The van der Waals surface area contributed by atoms with E-state index in [1.807, 2.05) is 12.1 Å². The largest absolute Gasteiger partial charge is 0.370 e. The van der Waals surface area contributed by atoms with E-state index < -0.39 is 0 Å². The number of likely N-dealkylation sites (N-methyl/N-ethyl adjacent to an activating group) is 1. The molecule has 0 bridgehead atoms. The Labute approximate surface area is 127 Å². The van der Waals surface area contributed by atoms with Crippen molar-refractivity contribution in [2.75, 3.05) is 33.7 Å². The molecule has 0 amide bonds. The van der Waals surface area contributed by atoms with E-state index >= 15 is 0 Å². The quantitative estimate of drug-likeness (QED) is 0.911. The van der Waals surface area contributed by atoms with E-state index in [-0.39, 0.29) is 6.04 Å². The molecule has 2 N–H and O–H groups in total. The van der Waals surface area contributed by atoms with Crippen molar-refractivity contribution in [1.82, 2.24) is 9.80 Å². The number of nitrogens with zero attached hydrogens (tertiary/aromatic N) is 3. The normalized spacial score (nSPS) is 19.1. The SMILES string of the molecule is CN(C)CCN1C(N)=NCC1c1ccc(Br)c(Cl)c1. The average Bonchev–Trinajstić information content (AvgIpc) is 2.71. The molecule has 2 rings (SSSR count). The molecule has 1 aromatic carbocycles. The Morgan fingerprint density at radius 3 is 2.89 bits per heavy atom. The van der Waals surface area contributed by atoms with Crippen molar-refractivity contribution in [3.8, 4) is 0 Å². The Kier molecular flexibility index (Phi) is 4.71. The van der Waals surface area contributed by atoms with Crippen LogP contribution in [0.25, 0.3) is 0 Å². The first-order chi connectivity index (χ1) is 8.99. The number of hydrogen-bond acceptors (Lipinski definition) is 4.